The van der Waals surface area contributed by atoms with E-state index in [0.717, 1.165) is 6.42 Å². The summed E-state index contributed by atoms with van der Waals surface area (Å²) < 4.78 is 12.3. The van der Waals surface area contributed by atoms with Gasteiger partial charge in [0, 0.05) is 11.5 Å². The maximum atomic E-state index is 13.0. The number of carbonyl (C=O) groups excluding carboxylic acids is 1. The van der Waals surface area contributed by atoms with E-state index in [4.69, 9.17) is 9.47 Å². The zero-order valence-corrected chi connectivity index (χ0v) is 17.0. The van der Waals surface area contributed by atoms with Gasteiger partial charge in [0.25, 0.3) is 0 Å². The van der Waals surface area contributed by atoms with Gasteiger partial charge in [0.1, 0.15) is 34.5 Å². The number of aliphatic carboxylic acids is 1. The second kappa shape index (κ2) is 7.15. The van der Waals surface area contributed by atoms with Gasteiger partial charge in [-0.3, -0.25) is 9.59 Å². The van der Waals surface area contributed by atoms with Gasteiger partial charge in [0.15, 0.2) is 5.78 Å². The molecule has 3 rings (SSSR count). The zero-order valence-electron chi connectivity index (χ0n) is 17.0. The van der Waals surface area contributed by atoms with E-state index in [1.54, 1.807) is 13.0 Å². The van der Waals surface area contributed by atoms with Crippen LogP contribution in [0.3, 0.4) is 0 Å². The number of aromatic hydroxyl groups is 1. The van der Waals surface area contributed by atoms with Crippen molar-refractivity contribution in [2.45, 2.75) is 71.5 Å². The Morgan fingerprint density at radius 3 is 2.57 bits per heavy atom. The first-order valence-electron chi connectivity index (χ1n) is 9.81. The van der Waals surface area contributed by atoms with E-state index in [1.807, 2.05) is 33.8 Å². The Bertz CT molecular complexity index is 851. The highest BCUT2D eigenvalue weighted by Crippen LogP contribution is 2.53. The van der Waals surface area contributed by atoms with Crippen LogP contribution in [0.15, 0.2) is 6.08 Å². The summed E-state index contributed by atoms with van der Waals surface area (Å²) in [7, 11) is 0. The molecule has 0 bridgehead atoms. The number of benzene rings is 1. The Labute approximate surface area is 165 Å². The van der Waals surface area contributed by atoms with Gasteiger partial charge in [-0.1, -0.05) is 20.3 Å². The van der Waals surface area contributed by atoms with Gasteiger partial charge in [-0.05, 0) is 39.3 Å². The fraction of sp³-hybridized carbons (Fsp3) is 0.545. The van der Waals surface area contributed by atoms with E-state index in [-0.39, 0.29) is 41.3 Å². The third-order valence-electron chi connectivity index (χ3n) is 5.60. The summed E-state index contributed by atoms with van der Waals surface area (Å²) >= 11 is 0. The van der Waals surface area contributed by atoms with Gasteiger partial charge >= 0.3 is 5.97 Å². The second-order valence-corrected chi connectivity index (χ2v) is 8.31. The Kier molecular flexibility index (Phi) is 5.17. The zero-order chi connectivity index (χ0) is 20.8. The second-order valence-electron chi connectivity index (χ2n) is 8.31. The van der Waals surface area contributed by atoms with Crippen LogP contribution < -0.4 is 9.47 Å². The lowest BCUT2D eigenvalue weighted by molar-refractivity contribution is -0.137. The standard InChI is InChI=1S/C22H28O6/c1-6-7-13(10-15(23)24)16-20-14(8-9-22(4,5)28-20)19(26)17-18(25)11(2)12(3)27-21(16)17/h8-9,11-13,26H,6-7,10H2,1-5H3,(H,23,24)/t11-,12-,13?/m1/s1. The summed E-state index contributed by atoms with van der Waals surface area (Å²) in [6.45, 7) is 9.33. The Hall–Kier alpha value is -2.50. The Balaban J connectivity index is 2.34. The summed E-state index contributed by atoms with van der Waals surface area (Å²) in [6, 6.07) is 0. The number of phenols is 1. The van der Waals surface area contributed by atoms with Crippen molar-refractivity contribution in [2.24, 2.45) is 5.92 Å². The summed E-state index contributed by atoms with van der Waals surface area (Å²) in [6.07, 6.45) is 4.45. The quantitative estimate of drug-likeness (QED) is 0.769. The first kappa shape index (κ1) is 20.2. The minimum Gasteiger partial charge on any atom is -0.506 e. The predicted octanol–water partition coefficient (Wildman–Crippen LogP) is 4.53. The van der Waals surface area contributed by atoms with Crippen LogP contribution >= 0.6 is 0 Å². The normalized spacial score (nSPS) is 23.2. The maximum absolute atomic E-state index is 13.0. The van der Waals surface area contributed by atoms with Crippen LogP contribution in [0.2, 0.25) is 0 Å². The van der Waals surface area contributed by atoms with Crippen molar-refractivity contribution in [3.63, 3.8) is 0 Å². The van der Waals surface area contributed by atoms with Gasteiger partial charge in [0.05, 0.1) is 17.9 Å². The van der Waals surface area contributed by atoms with E-state index in [1.165, 1.54) is 0 Å². The van der Waals surface area contributed by atoms with Gasteiger partial charge < -0.3 is 19.7 Å². The highest BCUT2D eigenvalue weighted by Gasteiger charge is 2.41. The van der Waals surface area contributed by atoms with Crippen LogP contribution in [0.4, 0.5) is 0 Å². The molecule has 1 unspecified atom stereocenters. The number of carboxylic acids is 1. The number of hydrogen-bond donors (Lipinski definition) is 2. The molecule has 2 aliphatic rings. The third kappa shape index (κ3) is 3.36. The molecule has 1 aromatic rings. The van der Waals surface area contributed by atoms with Crippen molar-refractivity contribution in [3.05, 3.63) is 22.8 Å². The first-order valence-corrected chi connectivity index (χ1v) is 9.81. The van der Waals surface area contributed by atoms with Crippen molar-refractivity contribution in [3.8, 4) is 17.2 Å². The molecule has 0 amide bonds. The van der Waals surface area contributed by atoms with Crippen molar-refractivity contribution >= 4 is 17.8 Å². The molecule has 152 valence electrons. The van der Waals surface area contributed by atoms with E-state index in [9.17, 15) is 19.8 Å². The third-order valence-corrected chi connectivity index (χ3v) is 5.60. The molecule has 2 aliphatic heterocycles. The van der Waals surface area contributed by atoms with Crippen LogP contribution in [0, 0.1) is 5.92 Å². The average Bonchev–Trinajstić information content (AvgIpc) is 2.58. The minimum atomic E-state index is -0.928. The van der Waals surface area contributed by atoms with Gasteiger partial charge in [0.2, 0.25) is 0 Å². The molecule has 0 spiro atoms. The van der Waals surface area contributed by atoms with Gasteiger partial charge in [-0.15, -0.1) is 0 Å². The number of ether oxygens (including phenoxy) is 2. The molecule has 0 aliphatic carbocycles. The number of rotatable bonds is 5. The molecule has 0 aromatic heterocycles. The summed E-state index contributed by atoms with van der Waals surface area (Å²) in [5.74, 6) is -1.38. The highest BCUT2D eigenvalue weighted by atomic mass is 16.5. The number of carboxylic acid groups (broad SMARTS) is 1. The van der Waals surface area contributed by atoms with Crippen molar-refractivity contribution in [2.75, 3.05) is 0 Å². The van der Waals surface area contributed by atoms with Crippen molar-refractivity contribution in [1.29, 1.82) is 0 Å². The number of phenolic OH excluding ortho intramolecular Hbond substituents is 1. The molecular formula is C22H28O6. The number of Topliss-reactive ketones (excluding diaryl/α,β-unsaturated/α-hetero) is 1. The number of fused-ring (bicyclic) bond motifs is 2. The predicted molar refractivity (Wildman–Crippen MR) is 105 cm³/mol. The fourth-order valence-electron chi connectivity index (χ4n) is 3.94. The van der Waals surface area contributed by atoms with Crippen LogP contribution in [0.25, 0.3) is 6.08 Å². The lowest BCUT2D eigenvalue weighted by Gasteiger charge is -2.37. The summed E-state index contributed by atoms with van der Waals surface area (Å²) in [4.78, 5) is 24.6. The van der Waals surface area contributed by atoms with Gasteiger partial charge in [-0.2, -0.15) is 0 Å². The molecule has 0 fully saturated rings. The molecule has 0 radical (unpaired) electrons. The lowest BCUT2D eigenvalue weighted by Crippen LogP contribution is -2.36. The maximum Gasteiger partial charge on any atom is 0.303 e. The van der Waals surface area contributed by atoms with Gasteiger partial charge in [-0.25, -0.2) is 0 Å². The Morgan fingerprint density at radius 1 is 1.29 bits per heavy atom. The summed E-state index contributed by atoms with van der Waals surface area (Å²) in [5, 5.41) is 20.4. The van der Waals surface area contributed by atoms with Crippen LogP contribution in [0.1, 0.15) is 81.3 Å². The molecule has 28 heavy (non-hydrogen) atoms. The van der Waals surface area contributed by atoms with Crippen LogP contribution in [0.5, 0.6) is 17.2 Å². The number of ketones is 1. The molecule has 6 heteroatoms. The van der Waals surface area contributed by atoms with E-state index in [0.29, 0.717) is 23.3 Å². The highest BCUT2D eigenvalue weighted by molar-refractivity contribution is 6.06. The van der Waals surface area contributed by atoms with Crippen molar-refractivity contribution in [1.82, 2.24) is 0 Å². The molecule has 0 saturated carbocycles. The molecule has 3 atom stereocenters. The van der Waals surface area contributed by atoms with Crippen LogP contribution in [-0.2, 0) is 4.79 Å². The number of hydrogen-bond acceptors (Lipinski definition) is 5. The topological polar surface area (TPSA) is 93.1 Å². The molecular weight excluding hydrogens is 360 g/mol. The SMILES string of the molecule is CCCC(CC(=O)O)c1c2c(c(O)c3c1O[C@H](C)[C@@H](C)C3=O)C=CC(C)(C)O2. The smallest absolute Gasteiger partial charge is 0.303 e. The monoisotopic (exact) mass is 388 g/mol. The minimum absolute atomic E-state index is 0.105. The van der Waals surface area contributed by atoms with E-state index >= 15 is 0 Å². The first-order chi connectivity index (χ1) is 13.1. The fourth-order valence-corrected chi connectivity index (χ4v) is 3.94. The molecule has 2 heterocycles. The van der Waals surface area contributed by atoms with Crippen molar-refractivity contribution < 1.29 is 29.3 Å². The Morgan fingerprint density at radius 2 is 1.96 bits per heavy atom. The molecule has 0 saturated heterocycles. The van der Waals surface area contributed by atoms with E-state index in [2.05, 4.69) is 0 Å². The number of carbonyl (C=O) groups is 2. The molecule has 6 nitrogen and oxygen atoms in total. The van der Waals surface area contributed by atoms with E-state index < -0.39 is 17.5 Å². The molecule has 2 N–H and O–H groups in total. The summed E-state index contributed by atoms with van der Waals surface area (Å²) in [5.41, 5.74) is 0.508. The largest absolute Gasteiger partial charge is 0.506 e. The van der Waals surface area contributed by atoms with Crippen LogP contribution in [-0.4, -0.2) is 33.7 Å². The average molecular weight is 388 g/mol. The molecule has 1 aromatic carbocycles. The lowest BCUT2D eigenvalue weighted by atomic mass is 9.81.